The van der Waals surface area contributed by atoms with Gasteiger partial charge in [0.1, 0.15) is 2.96 Å². The van der Waals surface area contributed by atoms with Crippen molar-refractivity contribution in [3.63, 3.8) is 0 Å². The van der Waals surface area contributed by atoms with E-state index in [0.29, 0.717) is 11.6 Å². The standard InChI is InChI=1S/C15H17IN2OS/c1-9-4-6-11(7-5-9)14(19)18-15-16(3)13(10(2)20-15)12-8-17-12/h4-7,12,17H,3,8H2,1-2H3,(H,18,19). The van der Waals surface area contributed by atoms with E-state index in [0.717, 1.165) is 15.1 Å². The van der Waals surface area contributed by atoms with Crippen LogP contribution in [0.15, 0.2) is 32.8 Å². The third-order valence-corrected chi connectivity index (χ3v) is 10.8. The van der Waals surface area contributed by atoms with Crippen LogP contribution in [0.1, 0.15) is 22.8 Å². The molecule has 5 heteroatoms. The zero-order valence-corrected chi connectivity index (χ0v) is 14.5. The molecule has 1 aromatic rings. The Morgan fingerprint density at radius 3 is 2.65 bits per heavy atom. The monoisotopic (exact) mass is 400 g/mol. The summed E-state index contributed by atoms with van der Waals surface area (Å²) in [5.74, 6) is -0.0174. The summed E-state index contributed by atoms with van der Waals surface area (Å²) in [7, 11) is 0. The van der Waals surface area contributed by atoms with Gasteiger partial charge in [0.2, 0.25) is 0 Å². The number of aryl methyl sites for hydroxylation is 1. The van der Waals surface area contributed by atoms with Crippen molar-refractivity contribution in [1.82, 2.24) is 10.6 Å². The molecular formula is C15H17IN2OS. The fraction of sp³-hybridized carbons (Fsp3) is 0.267. The van der Waals surface area contributed by atoms with Gasteiger partial charge in [-0.25, -0.2) is 0 Å². The van der Waals surface area contributed by atoms with Crippen LogP contribution in [-0.4, -0.2) is 26.0 Å². The average molecular weight is 400 g/mol. The highest BCUT2D eigenvalue weighted by Crippen LogP contribution is 2.45. The molecule has 1 fully saturated rings. The number of rotatable bonds is 3. The Morgan fingerprint density at radius 2 is 2.05 bits per heavy atom. The minimum absolute atomic E-state index is 0.0174. The van der Waals surface area contributed by atoms with Crippen LogP contribution in [0.3, 0.4) is 0 Å². The Labute approximate surface area is 129 Å². The molecule has 0 bridgehead atoms. The molecule has 2 aliphatic rings. The summed E-state index contributed by atoms with van der Waals surface area (Å²) in [5, 5.41) is 6.44. The van der Waals surface area contributed by atoms with Crippen molar-refractivity contribution >= 4 is 44.0 Å². The third kappa shape index (κ3) is 2.80. The van der Waals surface area contributed by atoms with Crippen LogP contribution in [0.4, 0.5) is 0 Å². The van der Waals surface area contributed by atoms with Crippen molar-refractivity contribution in [3.05, 3.63) is 43.9 Å². The van der Waals surface area contributed by atoms with E-state index in [4.69, 9.17) is 0 Å². The Balaban J connectivity index is 1.77. The van der Waals surface area contributed by atoms with Crippen molar-refractivity contribution in [2.24, 2.45) is 0 Å². The molecule has 1 unspecified atom stereocenters. The summed E-state index contributed by atoms with van der Waals surface area (Å²) in [4.78, 5) is 13.6. The first-order valence-electron chi connectivity index (χ1n) is 6.42. The van der Waals surface area contributed by atoms with Crippen molar-refractivity contribution in [2.75, 3.05) is 6.54 Å². The van der Waals surface area contributed by atoms with Gasteiger partial charge in [0.05, 0.1) is 6.04 Å². The molecule has 0 aromatic heterocycles. The van der Waals surface area contributed by atoms with E-state index in [9.17, 15) is 4.79 Å². The molecule has 1 atom stereocenters. The molecule has 2 N–H and O–H groups in total. The summed E-state index contributed by atoms with van der Waals surface area (Å²) in [6.07, 6.45) is 0. The molecule has 0 saturated carbocycles. The lowest BCUT2D eigenvalue weighted by molar-refractivity contribution is 0.0979. The number of halogens is 1. The predicted molar refractivity (Wildman–Crippen MR) is 96.9 cm³/mol. The average Bonchev–Trinajstić information content (AvgIpc) is 3.19. The van der Waals surface area contributed by atoms with Crippen LogP contribution in [-0.2, 0) is 0 Å². The van der Waals surface area contributed by atoms with Crippen LogP contribution in [0.25, 0.3) is 0 Å². The number of carbonyl (C=O) groups excluding carboxylic acids is 1. The van der Waals surface area contributed by atoms with E-state index in [-0.39, 0.29) is 5.91 Å². The first kappa shape index (κ1) is 14.2. The first-order valence-corrected chi connectivity index (χ1v) is 10.9. The fourth-order valence-electron chi connectivity index (χ4n) is 2.07. The van der Waals surface area contributed by atoms with Crippen LogP contribution in [0.2, 0.25) is 0 Å². The number of nitrogens with one attached hydrogen (secondary N) is 2. The number of hydrogen-bond acceptors (Lipinski definition) is 3. The van der Waals surface area contributed by atoms with Crippen LogP contribution in [0.5, 0.6) is 0 Å². The van der Waals surface area contributed by atoms with Gasteiger partial charge in [0, 0.05) is 15.7 Å². The molecule has 20 heavy (non-hydrogen) atoms. The van der Waals surface area contributed by atoms with E-state index < -0.39 is 18.9 Å². The van der Waals surface area contributed by atoms with E-state index in [2.05, 4.69) is 22.1 Å². The smallest absolute Gasteiger partial charge is 0.256 e. The van der Waals surface area contributed by atoms with Crippen LogP contribution in [0, 0.1) is 6.92 Å². The van der Waals surface area contributed by atoms with Crippen molar-refractivity contribution in [1.29, 1.82) is 0 Å². The maximum absolute atomic E-state index is 12.3. The second-order valence-electron chi connectivity index (χ2n) is 4.92. The molecular weight excluding hydrogens is 383 g/mol. The molecule has 0 radical (unpaired) electrons. The molecule has 1 aromatic carbocycles. The molecule has 2 aliphatic heterocycles. The minimum Gasteiger partial charge on any atom is -0.312 e. The Bertz CT molecular complexity index is 680. The van der Waals surface area contributed by atoms with E-state index in [1.165, 1.54) is 8.48 Å². The lowest BCUT2D eigenvalue weighted by atomic mass is 10.1. The highest BCUT2D eigenvalue weighted by Gasteiger charge is 2.31. The van der Waals surface area contributed by atoms with Gasteiger partial charge in [0.25, 0.3) is 5.91 Å². The number of hydrogen-bond donors (Lipinski definition) is 2. The Hall–Kier alpha value is -0.790. The quantitative estimate of drug-likeness (QED) is 0.606. The molecule has 0 spiro atoms. The van der Waals surface area contributed by atoms with Crippen molar-refractivity contribution in [3.8, 4) is 0 Å². The normalized spacial score (nSPS) is 22.3. The highest BCUT2D eigenvalue weighted by atomic mass is 127. The molecule has 0 aliphatic carbocycles. The second-order valence-corrected chi connectivity index (χ2v) is 11.2. The van der Waals surface area contributed by atoms with Crippen LogP contribution >= 0.6 is 30.6 Å². The fourth-order valence-corrected chi connectivity index (χ4v) is 9.48. The summed E-state index contributed by atoms with van der Waals surface area (Å²) in [6.45, 7) is 5.22. The highest BCUT2D eigenvalue weighted by molar-refractivity contribution is 14.2. The molecule has 3 rings (SSSR count). The molecule has 1 saturated heterocycles. The topological polar surface area (TPSA) is 51.0 Å². The maximum Gasteiger partial charge on any atom is 0.256 e. The third-order valence-electron chi connectivity index (χ3n) is 3.27. The van der Waals surface area contributed by atoms with Gasteiger partial charge in [-0.3, -0.25) is 4.79 Å². The summed E-state index contributed by atoms with van der Waals surface area (Å²) in [6, 6.07) is 8.20. The number of amides is 1. The van der Waals surface area contributed by atoms with Gasteiger partial charge in [0.15, 0.2) is 0 Å². The number of benzene rings is 1. The van der Waals surface area contributed by atoms with Crippen LogP contribution < -0.4 is 10.6 Å². The number of thioether (sulfide) groups is 1. The van der Waals surface area contributed by atoms with Gasteiger partial charge in [-0.15, -0.1) is 0 Å². The number of carbonyl (C=O) groups is 1. The van der Waals surface area contributed by atoms with Gasteiger partial charge in [-0.05, 0) is 30.9 Å². The lowest BCUT2D eigenvalue weighted by Crippen LogP contribution is -2.26. The zero-order chi connectivity index (χ0) is 14.3. The van der Waals surface area contributed by atoms with E-state index in [1.54, 1.807) is 11.8 Å². The largest absolute Gasteiger partial charge is 0.312 e. The van der Waals surface area contributed by atoms with Gasteiger partial charge in [-0.2, -0.15) is 0 Å². The van der Waals surface area contributed by atoms with Gasteiger partial charge in [-0.1, -0.05) is 52.8 Å². The zero-order valence-electron chi connectivity index (χ0n) is 11.5. The Morgan fingerprint density at radius 1 is 1.40 bits per heavy atom. The summed E-state index contributed by atoms with van der Waals surface area (Å²) >= 11 is 0.112. The summed E-state index contributed by atoms with van der Waals surface area (Å²) in [5.41, 5.74) is 1.87. The van der Waals surface area contributed by atoms with Gasteiger partial charge >= 0.3 is 0 Å². The minimum atomic E-state index is -1.60. The molecule has 106 valence electrons. The first-order chi connectivity index (χ1) is 9.56. The number of allylic oxidation sites excluding steroid dienone is 1. The Kier molecular flexibility index (Phi) is 3.92. The van der Waals surface area contributed by atoms with E-state index >= 15 is 0 Å². The molecule has 1 amide bonds. The predicted octanol–water partition coefficient (Wildman–Crippen LogP) is 2.70. The van der Waals surface area contributed by atoms with Crippen molar-refractivity contribution < 1.29 is 4.79 Å². The second kappa shape index (κ2) is 5.54. The molecule has 3 nitrogen and oxygen atoms in total. The van der Waals surface area contributed by atoms with Crippen molar-refractivity contribution in [2.45, 2.75) is 19.9 Å². The maximum atomic E-state index is 12.3. The molecule has 2 heterocycles. The van der Waals surface area contributed by atoms with E-state index in [1.807, 2.05) is 31.2 Å². The lowest BCUT2D eigenvalue weighted by Gasteiger charge is -2.06. The summed E-state index contributed by atoms with van der Waals surface area (Å²) < 4.78 is 6.94. The van der Waals surface area contributed by atoms with Gasteiger partial charge < -0.3 is 10.6 Å². The SMILES string of the molecule is C=I1=C(NC(=O)c2ccc(C)cc2)SC(C)=C1C1CN1.